The number of carbonyl (C=O) groups excluding carboxylic acids is 1. The summed E-state index contributed by atoms with van der Waals surface area (Å²) in [6, 6.07) is 26.6. The van der Waals surface area contributed by atoms with Crippen molar-refractivity contribution in [1.82, 2.24) is 3.96 Å². The number of hydrogen-bond donors (Lipinski definition) is 0. The Labute approximate surface area is 161 Å². The zero-order chi connectivity index (χ0) is 18.6. The van der Waals surface area contributed by atoms with Crippen molar-refractivity contribution >= 4 is 27.4 Å². The van der Waals surface area contributed by atoms with E-state index in [9.17, 15) is 9.59 Å². The van der Waals surface area contributed by atoms with Crippen LogP contribution in [0.15, 0.2) is 89.7 Å². The molecule has 0 radical (unpaired) electrons. The van der Waals surface area contributed by atoms with Gasteiger partial charge in [0.2, 0.25) is 0 Å². The van der Waals surface area contributed by atoms with Gasteiger partial charge in [-0.1, -0.05) is 84.3 Å². The fourth-order valence-corrected chi connectivity index (χ4v) is 4.38. The van der Waals surface area contributed by atoms with Crippen LogP contribution in [-0.2, 0) is 17.6 Å². The summed E-state index contributed by atoms with van der Waals surface area (Å²) in [5.74, 6) is 0.0544. The zero-order valence-corrected chi connectivity index (χ0v) is 15.6. The molecule has 0 bridgehead atoms. The van der Waals surface area contributed by atoms with E-state index in [0.717, 1.165) is 15.8 Å². The van der Waals surface area contributed by atoms with Gasteiger partial charge in [0.1, 0.15) is 6.04 Å². The first kappa shape index (κ1) is 17.4. The third kappa shape index (κ3) is 3.76. The molecule has 0 amide bonds. The maximum atomic E-state index is 13.2. The zero-order valence-electron chi connectivity index (χ0n) is 14.7. The lowest BCUT2D eigenvalue weighted by atomic mass is 9.98. The van der Waals surface area contributed by atoms with Gasteiger partial charge < -0.3 is 0 Å². The molecule has 27 heavy (non-hydrogen) atoms. The van der Waals surface area contributed by atoms with Gasteiger partial charge in [-0.2, -0.15) is 0 Å². The minimum absolute atomic E-state index is 0.0544. The van der Waals surface area contributed by atoms with E-state index < -0.39 is 6.04 Å². The predicted molar refractivity (Wildman–Crippen MR) is 110 cm³/mol. The number of benzene rings is 3. The highest BCUT2D eigenvalue weighted by Gasteiger charge is 2.24. The highest BCUT2D eigenvalue weighted by atomic mass is 32.1. The van der Waals surface area contributed by atoms with Gasteiger partial charge in [-0.25, -0.2) is 0 Å². The Kier molecular flexibility index (Phi) is 4.99. The molecule has 0 saturated heterocycles. The summed E-state index contributed by atoms with van der Waals surface area (Å²) < 4.78 is 2.57. The number of hydrogen-bond acceptors (Lipinski definition) is 3. The highest BCUT2D eigenvalue weighted by Crippen LogP contribution is 2.24. The molecule has 4 rings (SSSR count). The molecule has 1 atom stereocenters. The lowest BCUT2D eigenvalue weighted by molar-refractivity contribution is -0.121. The van der Waals surface area contributed by atoms with Crippen molar-refractivity contribution < 1.29 is 4.79 Å². The number of carbonyl (C=O) groups is 1. The lowest BCUT2D eigenvalue weighted by Crippen LogP contribution is -2.28. The van der Waals surface area contributed by atoms with E-state index in [1.807, 2.05) is 84.9 Å². The second-order valence-corrected chi connectivity index (χ2v) is 7.57. The highest BCUT2D eigenvalue weighted by molar-refractivity contribution is 7.14. The first-order chi connectivity index (χ1) is 13.2. The van der Waals surface area contributed by atoms with Crippen LogP contribution in [0.25, 0.3) is 10.1 Å². The minimum Gasteiger partial charge on any atom is -0.297 e. The average Bonchev–Trinajstić information content (AvgIpc) is 3.04. The molecular weight excluding hydrogens is 354 g/mol. The molecule has 3 nitrogen and oxygen atoms in total. The van der Waals surface area contributed by atoms with E-state index in [1.54, 1.807) is 3.96 Å². The molecule has 1 unspecified atom stereocenters. The van der Waals surface area contributed by atoms with Gasteiger partial charge in [-0.05, 0) is 23.3 Å². The molecule has 0 aliphatic rings. The van der Waals surface area contributed by atoms with Crippen molar-refractivity contribution in [3.8, 4) is 0 Å². The van der Waals surface area contributed by atoms with Crippen molar-refractivity contribution in [2.24, 2.45) is 0 Å². The Bertz CT molecular complexity index is 1110. The second kappa shape index (κ2) is 7.72. The summed E-state index contributed by atoms with van der Waals surface area (Å²) in [6.07, 6.45) is 0.832. The molecule has 4 heteroatoms. The Hall–Kier alpha value is -2.98. The van der Waals surface area contributed by atoms with Gasteiger partial charge in [0.15, 0.2) is 5.78 Å². The van der Waals surface area contributed by atoms with Crippen molar-refractivity contribution in [1.29, 1.82) is 0 Å². The molecule has 0 spiro atoms. The van der Waals surface area contributed by atoms with Crippen LogP contribution in [0.5, 0.6) is 0 Å². The number of rotatable bonds is 6. The predicted octanol–water partition coefficient (Wildman–Crippen LogP) is 4.66. The standard InChI is InChI=1S/C23H19NO2S/c25-21(16-18-11-5-2-6-12-18)20(15-17-9-3-1-4-10-17)24-23(26)19-13-7-8-14-22(19)27-24/h1-14,20H,15-16H2. The van der Waals surface area contributed by atoms with Crippen molar-refractivity contribution in [2.75, 3.05) is 0 Å². The van der Waals surface area contributed by atoms with E-state index in [2.05, 4.69) is 0 Å². The largest absolute Gasteiger partial charge is 0.297 e. The smallest absolute Gasteiger partial charge is 0.269 e. The van der Waals surface area contributed by atoms with E-state index in [1.165, 1.54) is 11.5 Å². The van der Waals surface area contributed by atoms with E-state index >= 15 is 0 Å². The first-order valence-corrected chi connectivity index (χ1v) is 9.71. The quantitative estimate of drug-likeness (QED) is 0.493. The van der Waals surface area contributed by atoms with E-state index in [4.69, 9.17) is 0 Å². The Morgan fingerprint density at radius 2 is 1.41 bits per heavy atom. The molecule has 0 fully saturated rings. The number of ketones is 1. The van der Waals surface area contributed by atoms with Gasteiger partial charge in [0.25, 0.3) is 5.56 Å². The van der Waals surface area contributed by atoms with Crippen molar-refractivity contribution in [3.05, 3.63) is 106 Å². The van der Waals surface area contributed by atoms with Crippen LogP contribution in [0.1, 0.15) is 17.2 Å². The van der Waals surface area contributed by atoms with Gasteiger partial charge in [0, 0.05) is 12.8 Å². The molecule has 4 aromatic rings. The van der Waals surface area contributed by atoms with Crippen LogP contribution in [-0.4, -0.2) is 9.74 Å². The summed E-state index contributed by atoms with van der Waals surface area (Å²) in [7, 11) is 0. The third-order valence-electron chi connectivity index (χ3n) is 4.66. The number of Topliss-reactive ketones (excluding diaryl/α,β-unsaturated/α-hetero) is 1. The Balaban J connectivity index is 1.74. The molecule has 0 saturated carbocycles. The van der Waals surface area contributed by atoms with Gasteiger partial charge in [-0.15, -0.1) is 0 Å². The average molecular weight is 373 g/mol. The molecule has 0 N–H and O–H groups in total. The SMILES string of the molecule is O=C(Cc1ccccc1)C(Cc1ccccc1)n1sc2ccccc2c1=O. The summed E-state index contributed by atoms with van der Waals surface area (Å²) >= 11 is 1.37. The van der Waals surface area contributed by atoms with Crippen LogP contribution < -0.4 is 5.56 Å². The molecule has 0 aliphatic heterocycles. The monoisotopic (exact) mass is 373 g/mol. The number of aromatic nitrogens is 1. The maximum absolute atomic E-state index is 13.2. The fraction of sp³-hybridized carbons (Fsp3) is 0.130. The summed E-state index contributed by atoms with van der Waals surface area (Å²) in [5, 5.41) is 0.674. The molecule has 134 valence electrons. The Morgan fingerprint density at radius 3 is 2.07 bits per heavy atom. The van der Waals surface area contributed by atoms with Gasteiger partial charge >= 0.3 is 0 Å². The Morgan fingerprint density at radius 1 is 0.815 bits per heavy atom. The molecular formula is C23H19NO2S. The molecule has 3 aromatic carbocycles. The van der Waals surface area contributed by atoms with Crippen molar-refractivity contribution in [3.63, 3.8) is 0 Å². The van der Waals surface area contributed by atoms with E-state index in [-0.39, 0.29) is 11.3 Å². The summed E-state index contributed by atoms with van der Waals surface area (Å²) in [4.78, 5) is 26.1. The molecule has 0 aliphatic carbocycles. The van der Waals surface area contributed by atoms with Crippen LogP contribution in [0.4, 0.5) is 0 Å². The van der Waals surface area contributed by atoms with Crippen molar-refractivity contribution in [2.45, 2.75) is 18.9 Å². The number of fused-ring (bicyclic) bond motifs is 1. The summed E-state index contributed by atoms with van der Waals surface area (Å²) in [5.41, 5.74) is 1.93. The third-order valence-corrected chi connectivity index (χ3v) is 5.83. The van der Waals surface area contributed by atoms with E-state index in [0.29, 0.717) is 18.2 Å². The molecule has 1 heterocycles. The fourth-order valence-electron chi connectivity index (χ4n) is 3.27. The number of nitrogens with zero attached hydrogens (tertiary/aromatic N) is 1. The van der Waals surface area contributed by atoms with Gasteiger partial charge in [0.05, 0.1) is 10.1 Å². The van der Waals surface area contributed by atoms with Crippen LogP contribution in [0.3, 0.4) is 0 Å². The topological polar surface area (TPSA) is 39.1 Å². The van der Waals surface area contributed by atoms with Crippen LogP contribution in [0.2, 0.25) is 0 Å². The normalized spacial score (nSPS) is 12.1. The summed E-state index contributed by atoms with van der Waals surface area (Å²) in [6.45, 7) is 0. The minimum atomic E-state index is -0.502. The molecule has 1 aromatic heterocycles. The lowest BCUT2D eigenvalue weighted by Gasteiger charge is -2.16. The first-order valence-electron chi connectivity index (χ1n) is 8.93. The second-order valence-electron chi connectivity index (χ2n) is 6.55. The van der Waals surface area contributed by atoms with Crippen LogP contribution >= 0.6 is 11.5 Å². The maximum Gasteiger partial charge on any atom is 0.269 e. The van der Waals surface area contributed by atoms with Crippen LogP contribution in [0, 0.1) is 0 Å². The van der Waals surface area contributed by atoms with Gasteiger partial charge in [-0.3, -0.25) is 13.5 Å².